The molecule has 5 heteroatoms. The van der Waals surface area contributed by atoms with Crippen LogP contribution in [0.3, 0.4) is 0 Å². The summed E-state index contributed by atoms with van der Waals surface area (Å²) in [6.45, 7) is 2.57. The van der Waals surface area contributed by atoms with E-state index >= 15 is 0 Å². The number of nitrogens with zero attached hydrogens (tertiary/aromatic N) is 2. The minimum absolute atomic E-state index is 0.519. The summed E-state index contributed by atoms with van der Waals surface area (Å²) in [4.78, 5) is 4.59. The zero-order valence-corrected chi connectivity index (χ0v) is 16.9. The maximum atomic E-state index is 6.04. The molecule has 0 aliphatic carbocycles. The van der Waals surface area contributed by atoms with Crippen LogP contribution in [-0.4, -0.2) is 11.2 Å². The van der Waals surface area contributed by atoms with Gasteiger partial charge in [0.25, 0.3) is 0 Å². The summed E-state index contributed by atoms with van der Waals surface area (Å²) < 4.78 is 6.04. The average Bonchev–Trinajstić information content (AvgIpc) is 3.24. The van der Waals surface area contributed by atoms with E-state index in [1.807, 2.05) is 72.1 Å². The summed E-state index contributed by atoms with van der Waals surface area (Å²) in [5.74, 6) is 0.809. The molecular weight excluding hydrogens is 378 g/mol. The fourth-order valence-electron chi connectivity index (χ4n) is 2.83. The standard InChI is InChI=1S/C24H21N3OS/c1-18-12-13-21(23(14-18)28-16-19-8-4-2-5-9-19)15-25-27-24-26-22(17-29-24)20-10-6-3-7-11-20/h2-15,17H,16H2,1H3,(H,26,27). The van der Waals surface area contributed by atoms with E-state index in [1.165, 1.54) is 11.3 Å². The van der Waals surface area contributed by atoms with E-state index in [4.69, 9.17) is 4.74 Å². The van der Waals surface area contributed by atoms with Gasteiger partial charge in [0.05, 0.1) is 11.9 Å². The van der Waals surface area contributed by atoms with Crippen molar-refractivity contribution in [2.75, 3.05) is 5.43 Å². The largest absolute Gasteiger partial charge is 0.488 e. The van der Waals surface area contributed by atoms with Gasteiger partial charge in [0.1, 0.15) is 12.4 Å². The molecule has 0 radical (unpaired) electrons. The molecule has 0 aliphatic rings. The number of hydrogen-bond donors (Lipinski definition) is 1. The lowest BCUT2D eigenvalue weighted by Crippen LogP contribution is -1.99. The van der Waals surface area contributed by atoms with Gasteiger partial charge in [-0.25, -0.2) is 4.98 Å². The lowest BCUT2D eigenvalue weighted by molar-refractivity contribution is 0.305. The van der Waals surface area contributed by atoms with Crippen LogP contribution >= 0.6 is 11.3 Å². The minimum atomic E-state index is 0.519. The molecule has 0 atom stereocenters. The van der Waals surface area contributed by atoms with Gasteiger partial charge < -0.3 is 4.74 Å². The van der Waals surface area contributed by atoms with Gasteiger partial charge in [-0.15, -0.1) is 11.3 Å². The van der Waals surface area contributed by atoms with E-state index in [9.17, 15) is 0 Å². The third-order valence-corrected chi connectivity index (χ3v) is 5.09. The highest BCUT2D eigenvalue weighted by Gasteiger charge is 2.05. The Bertz CT molecular complexity index is 1090. The molecule has 4 aromatic rings. The second-order valence-corrected chi connectivity index (χ2v) is 7.45. The molecule has 1 heterocycles. The van der Waals surface area contributed by atoms with E-state index in [2.05, 4.69) is 34.6 Å². The zero-order chi connectivity index (χ0) is 19.9. The number of hydrogen-bond acceptors (Lipinski definition) is 5. The normalized spacial score (nSPS) is 10.9. The molecule has 0 amide bonds. The van der Waals surface area contributed by atoms with Crippen LogP contribution in [0.1, 0.15) is 16.7 Å². The number of thiazole rings is 1. The number of rotatable bonds is 7. The second kappa shape index (κ2) is 9.17. The predicted octanol–water partition coefficient (Wildman–Crippen LogP) is 6.14. The number of aromatic nitrogens is 1. The Kier molecular flexibility index (Phi) is 5.98. The molecule has 29 heavy (non-hydrogen) atoms. The first-order chi connectivity index (χ1) is 14.3. The van der Waals surface area contributed by atoms with E-state index < -0.39 is 0 Å². The van der Waals surface area contributed by atoms with Crippen LogP contribution < -0.4 is 10.2 Å². The molecule has 0 fully saturated rings. The Morgan fingerprint density at radius 3 is 2.55 bits per heavy atom. The van der Waals surface area contributed by atoms with Crippen molar-refractivity contribution in [1.82, 2.24) is 4.98 Å². The van der Waals surface area contributed by atoms with Crippen molar-refractivity contribution in [2.24, 2.45) is 5.10 Å². The number of nitrogens with one attached hydrogen (secondary N) is 1. The van der Waals surface area contributed by atoms with Gasteiger partial charge in [0.15, 0.2) is 0 Å². The lowest BCUT2D eigenvalue weighted by atomic mass is 10.1. The van der Waals surface area contributed by atoms with E-state index in [0.717, 1.165) is 38.8 Å². The van der Waals surface area contributed by atoms with Crippen molar-refractivity contribution in [3.05, 3.63) is 101 Å². The highest BCUT2D eigenvalue weighted by Crippen LogP contribution is 2.25. The quantitative estimate of drug-likeness (QED) is 0.300. The molecule has 0 bridgehead atoms. The molecule has 0 aliphatic heterocycles. The Balaban J connectivity index is 1.44. The summed E-state index contributed by atoms with van der Waals surface area (Å²) in [5, 5.41) is 7.13. The molecule has 4 nitrogen and oxygen atoms in total. The maximum Gasteiger partial charge on any atom is 0.203 e. The van der Waals surface area contributed by atoms with Crippen LogP contribution in [0.4, 0.5) is 5.13 Å². The molecule has 0 spiro atoms. The van der Waals surface area contributed by atoms with Gasteiger partial charge in [-0.3, -0.25) is 5.43 Å². The molecule has 1 N–H and O–H groups in total. The summed E-state index contributed by atoms with van der Waals surface area (Å²) in [6, 6.07) is 26.3. The van der Waals surface area contributed by atoms with E-state index in [0.29, 0.717) is 6.61 Å². The highest BCUT2D eigenvalue weighted by molar-refractivity contribution is 7.14. The number of hydrazone groups is 1. The van der Waals surface area contributed by atoms with Crippen molar-refractivity contribution in [1.29, 1.82) is 0 Å². The number of benzene rings is 3. The third kappa shape index (κ3) is 5.09. The third-order valence-electron chi connectivity index (χ3n) is 4.34. The number of ether oxygens (including phenoxy) is 1. The first-order valence-electron chi connectivity index (χ1n) is 9.35. The molecule has 1 aromatic heterocycles. The molecule has 3 aromatic carbocycles. The minimum Gasteiger partial charge on any atom is -0.488 e. The number of aryl methyl sites for hydroxylation is 1. The Morgan fingerprint density at radius 1 is 1.00 bits per heavy atom. The van der Waals surface area contributed by atoms with Crippen LogP contribution in [0.5, 0.6) is 5.75 Å². The van der Waals surface area contributed by atoms with Crippen molar-refractivity contribution in [3.63, 3.8) is 0 Å². The molecular formula is C24H21N3OS. The summed E-state index contributed by atoms with van der Waals surface area (Å²) >= 11 is 1.53. The Hall–Kier alpha value is -3.44. The summed E-state index contributed by atoms with van der Waals surface area (Å²) in [6.07, 6.45) is 1.77. The molecule has 0 saturated carbocycles. The van der Waals surface area contributed by atoms with Gasteiger partial charge in [-0.1, -0.05) is 66.7 Å². The van der Waals surface area contributed by atoms with E-state index in [-0.39, 0.29) is 0 Å². The highest BCUT2D eigenvalue weighted by atomic mass is 32.1. The fraction of sp³-hybridized carbons (Fsp3) is 0.0833. The van der Waals surface area contributed by atoms with Gasteiger partial charge in [-0.2, -0.15) is 5.10 Å². The van der Waals surface area contributed by atoms with E-state index in [1.54, 1.807) is 6.21 Å². The van der Waals surface area contributed by atoms with Crippen molar-refractivity contribution < 1.29 is 4.74 Å². The number of anilines is 1. The summed E-state index contributed by atoms with van der Waals surface area (Å²) in [7, 11) is 0. The van der Waals surface area contributed by atoms with Crippen molar-refractivity contribution in [2.45, 2.75) is 13.5 Å². The van der Waals surface area contributed by atoms with Crippen LogP contribution in [0, 0.1) is 6.92 Å². The Labute approximate surface area is 174 Å². The topological polar surface area (TPSA) is 46.5 Å². The first kappa shape index (κ1) is 18.9. The van der Waals surface area contributed by atoms with Gasteiger partial charge >= 0.3 is 0 Å². The SMILES string of the molecule is Cc1ccc(C=NNc2nc(-c3ccccc3)cs2)c(OCc2ccccc2)c1. The smallest absolute Gasteiger partial charge is 0.203 e. The van der Waals surface area contributed by atoms with Gasteiger partial charge in [0.2, 0.25) is 5.13 Å². The predicted molar refractivity (Wildman–Crippen MR) is 121 cm³/mol. The van der Waals surface area contributed by atoms with Crippen molar-refractivity contribution >= 4 is 22.7 Å². The van der Waals surface area contributed by atoms with Crippen molar-refractivity contribution in [3.8, 4) is 17.0 Å². The van der Waals surface area contributed by atoms with Gasteiger partial charge in [-0.05, 0) is 30.2 Å². The molecule has 0 saturated heterocycles. The van der Waals surface area contributed by atoms with Gasteiger partial charge in [0, 0.05) is 16.5 Å². The van der Waals surface area contributed by atoms with Crippen LogP contribution in [-0.2, 0) is 6.61 Å². The van der Waals surface area contributed by atoms with Crippen LogP contribution in [0.15, 0.2) is 89.3 Å². The molecule has 4 rings (SSSR count). The lowest BCUT2D eigenvalue weighted by Gasteiger charge is -2.10. The second-order valence-electron chi connectivity index (χ2n) is 6.59. The fourth-order valence-corrected chi connectivity index (χ4v) is 3.50. The molecule has 0 unspecified atom stereocenters. The van der Waals surface area contributed by atoms with Crippen LogP contribution in [0.25, 0.3) is 11.3 Å². The molecule has 144 valence electrons. The van der Waals surface area contributed by atoms with Crippen LogP contribution in [0.2, 0.25) is 0 Å². The monoisotopic (exact) mass is 399 g/mol. The zero-order valence-electron chi connectivity index (χ0n) is 16.1. The average molecular weight is 400 g/mol. The summed E-state index contributed by atoms with van der Waals surface area (Å²) in [5.41, 5.74) is 8.24. The maximum absolute atomic E-state index is 6.04. The first-order valence-corrected chi connectivity index (χ1v) is 10.2. The Morgan fingerprint density at radius 2 is 1.76 bits per heavy atom.